The molecule has 5 heterocycles. The molecule has 0 aliphatic carbocycles. The van der Waals surface area contributed by atoms with E-state index in [2.05, 4.69) is 76.1 Å². The van der Waals surface area contributed by atoms with Crippen molar-refractivity contribution < 1.29 is 157 Å². The number of nitriles is 1. The molecule has 4 aliphatic rings. The molecule has 4 atom stereocenters. The molecule has 4 aliphatic heterocycles. The maximum Gasteiger partial charge on any atom is 1.00 e. The average molecular weight is 1100 g/mol. The van der Waals surface area contributed by atoms with Crippen molar-refractivity contribution in [3.05, 3.63) is 69.7 Å². The number of piperidine rings is 2. The number of hydrogen-bond donors (Lipinski definition) is 5. The molecule has 18 nitrogen and oxygen atoms in total. The van der Waals surface area contributed by atoms with Gasteiger partial charge in [-0.15, -0.1) is 5.10 Å². The molecule has 6 N–H and O–H groups in total. The molecule has 0 radical (unpaired) electrons. The van der Waals surface area contributed by atoms with E-state index in [0.717, 1.165) is 87.8 Å². The van der Waals surface area contributed by atoms with Crippen LogP contribution in [0.2, 0.25) is 10.0 Å². The molecule has 388 valence electrons. The van der Waals surface area contributed by atoms with E-state index in [1.54, 1.807) is 0 Å². The third kappa shape index (κ3) is 25.9. The number of nitrogen functional groups attached to an aromatic ring is 1. The number of nitrogens with one attached hydrogen (secondary N) is 2. The van der Waals surface area contributed by atoms with Crippen molar-refractivity contribution >= 4 is 54.6 Å². The van der Waals surface area contributed by atoms with Crippen LogP contribution in [0.15, 0.2) is 53.5 Å². The minimum Gasteiger partial charge on any atom is -1.00 e. The molecule has 0 saturated carbocycles. The van der Waals surface area contributed by atoms with Gasteiger partial charge < -0.3 is 47.2 Å². The molecule has 4 saturated heterocycles. The third-order valence-corrected chi connectivity index (χ3v) is 12.2. The second-order valence-corrected chi connectivity index (χ2v) is 18.5. The summed E-state index contributed by atoms with van der Waals surface area (Å²) in [6.07, 6.45) is 1.60. The Morgan fingerprint density at radius 1 is 0.887 bits per heavy atom. The largest absolute Gasteiger partial charge is 1.00 e. The first-order chi connectivity index (χ1) is 32.1. The van der Waals surface area contributed by atoms with Gasteiger partial charge >= 0.3 is 109 Å². The van der Waals surface area contributed by atoms with E-state index in [4.69, 9.17) is 58.5 Å². The molecule has 4 fully saturated rings. The van der Waals surface area contributed by atoms with Crippen molar-refractivity contribution in [1.29, 1.82) is 5.26 Å². The van der Waals surface area contributed by atoms with E-state index in [0.29, 0.717) is 43.2 Å². The van der Waals surface area contributed by atoms with Gasteiger partial charge in [-0.05, 0) is 115 Å². The average Bonchev–Trinajstić information content (AvgIpc) is 3.76. The Bertz CT molecular complexity index is 1990. The molecule has 71 heavy (non-hydrogen) atoms. The third-order valence-electron chi connectivity index (χ3n) is 11.7. The number of halogens is 5. The van der Waals surface area contributed by atoms with E-state index in [-0.39, 0.29) is 136 Å². The minimum atomic E-state index is -4.64. The van der Waals surface area contributed by atoms with Crippen LogP contribution in [0.4, 0.5) is 25.1 Å². The topological polar surface area (TPSA) is 251 Å². The normalized spacial score (nSPS) is 21.0. The monoisotopic (exact) mass is 1090 g/mol. The van der Waals surface area contributed by atoms with Crippen molar-refractivity contribution in [1.82, 2.24) is 30.3 Å². The number of aliphatic imine (C=N–C) groups is 1. The van der Waals surface area contributed by atoms with Crippen molar-refractivity contribution in [2.24, 2.45) is 4.99 Å². The Kier molecular flexibility index (Phi) is 34.6. The second kappa shape index (κ2) is 35.2. The van der Waals surface area contributed by atoms with Gasteiger partial charge in [0.2, 0.25) is 24.4 Å². The summed E-state index contributed by atoms with van der Waals surface area (Å²) < 4.78 is 43.4. The summed E-state index contributed by atoms with van der Waals surface area (Å²) >= 11 is 12.1. The van der Waals surface area contributed by atoms with E-state index in [1.165, 1.54) is 17.3 Å². The Morgan fingerprint density at radius 3 is 1.58 bits per heavy atom. The smallest absolute Gasteiger partial charge is 1.00 e. The number of aromatic amines is 1. The quantitative estimate of drug-likeness (QED) is 0.0394. The number of alkyl halides is 3. The fraction of sp³-hybridized carbons (Fsp3) is 0.609. The van der Waals surface area contributed by atoms with E-state index in [1.807, 2.05) is 52.0 Å². The van der Waals surface area contributed by atoms with Crippen LogP contribution in [0.3, 0.4) is 0 Å². The molecular weight excluding hydrogens is 1030 g/mol. The van der Waals surface area contributed by atoms with Gasteiger partial charge in [0.15, 0.2) is 0 Å². The predicted molar refractivity (Wildman–Crippen MR) is 258 cm³/mol. The van der Waals surface area contributed by atoms with Crippen molar-refractivity contribution in [2.45, 2.75) is 127 Å². The Labute approximate surface area is 512 Å². The number of aliphatic hydroxyl groups is 2. The number of aromatic nitrogens is 3. The first-order valence-corrected chi connectivity index (χ1v) is 22.8. The summed E-state index contributed by atoms with van der Waals surface area (Å²) in [5, 5.41) is 48.6. The predicted octanol–water partition coefficient (Wildman–Crippen LogP) is -1.33. The van der Waals surface area contributed by atoms with Crippen LogP contribution in [-0.2, 0) is 36.8 Å². The fourth-order valence-electron chi connectivity index (χ4n) is 8.26. The zero-order chi connectivity index (χ0) is 50.5. The van der Waals surface area contributed by atoms with E-state index >= 15 is 0 Å². The summed E-state index contributed by atoms with van der Waals surface area (Å²) in [5.74, 6) is 1.01. The van der Waals surface area contributed by atoms with Gasteiger partial charge in [-0.25, -0.2) is 5.10 Å². The van der Waals surface area contributed by atoms with Crippen molar-refractivity contribution in [3.8, 4) is 6.19 Å². The first-order valence-electron chi connectivity index (χ1n) is 22.0. The molecule has 0 spiro atoms. The number of rotatable bonds is 10. The number of hydrogen-bond acceptors (Lipinski definition) is 17. The van der Waals surface area contributed by atoms with Crippen LogP contribution in [0, 0.1) is 11.5 Å². The van der Waals surface area contributed by atoms with Crippen molar-refractivity contribution in [3.63, 3.8) is 0 Å². The van der Waals surface area contributed by atoms with Gasteiger partial charge in [-0.2, -0.15) is 28.4 Å². The molecule has 7 rings (SSSR count). The van der Waals surface area contributed by atoms with E-state index in [9.17, 15) is 23.4 Å². The van der Waals surface area contributed by atoms with Gasteiger partial charge in [0, 0.05) is 67.1 Å². The number of nitrogens with zero attached hydrogens (tertiary/aromatic N) is 7. The van der Waals surface area contributed by atoms with Gasteiger partial charge in [0.1, 0.15) is 0 Å². The second-order valence-electron chi connectivity index (χ2n) is 17.6. The Balaban J connectivity index is 0. The van der Waals surface area contributed by atoms with E-state index < -0.39 is 23.7 Å². The maximum absolute atomic E-state index is 10.6. The Hall–Kier alpha value is -1.20. The standard InChI is InChI=1S/C21H31ClN6O2.C19H29ClN2O2.C2HF3O.C2H2N2.CH2O3.CH4.2K.H/c1-21(2,29)18-12-28(17(13-30-18)11-14-3-5-15(22)6-4-14)16-7-9-27(10-8-16)20-24-19(23)25-26-20;1-19(2,23)18-12-22(16-7-9-21-10-8-16)17(13-24-18)11-14-3-5-15(20)6-4-14;3-2(4,5)1-6;1-4-2-3;2-1-4-3;;;;/h3-6,16-18,29H,7-13H2,1-2H3,(H3,23,24,25,26);3-6,16-18,21,23H,7-13H2,1-2H3;1H;1H2;1,3H;1H4;;;/q;;;;;;2*+1;-1/p-1/t2*17?,18-;;;;;;;/m11......./s1. The van der Waals surface area contributed by atoms with Crippen LogP contribution in [0.5, 0.6) is 0 Å². The number of aldehydes is 1. The molecule has 1 aromatic heterocycles. The fourth-order valence-corrected chi connectivity index (χ4v) is 8.51. The molecule has 0 bridgehead atoms. The summed E-state index contributed by atoms with van der Waals surface area (Å²) in [5.41, 5.74) is 6.52. The first kappa shape index (κ1) is 69.8. The zero-order valence-corrected chi connectivity index (χ0v) is 48.5. The van der Waals surface area contributed by atoms with Crippen LogP contribution in [0.25, 0.3) is 0 Å². The molecular formula is C46H69Cl2F3K2N10O8. The number of carbonyl (C=O) groups is 2. The summed E-state index contributed by atoms with van der Waals surface area (Å²) in [7, 11) is 0. The number of nitrogens with two attached hydrogens (primary N) is 1. The maximum atomic E-state index is 10.6. The van der Waals surface area contributed by atoms with Crippen LogP contribution in [0.1, 0.15) is 73.4 Å². The molecule has 25 heteroatoms. The van der Waals surface area contributed by atoms with Crippen LogP contribution in [-0.4, -0.2) is 161 Å². The molecule has 3 aromatic rings. The van der Waals surface area contributed by atoms with Crippen molar-refractivity contribution in [2.75, 3.05) is 63.1 Å². The van der Waals surface area contributed by atoms with Gasteiger partial charge in [0.25, 0.3) is 6.47 Å². The van der Waals surface area contributed by atoms with Gasteiger partial charge in [-0.3, -0.25) is 19.4 Å². The van der Waals surface area contributed by atoms with Gasteiger partial charge in [-0.1, -0.05) is 54.9 Å². The number of benzene rings is 2. The number of H-pyrrole nitrogens is 1. The summed E-state index contributed by atoms with van der Waals surface area (Å²) in [6, 6.07) is 17.8. The minimum absolute atomic E-state index is 0. The van der Waals surface area contributed by atoms with Gasteiger partial charge in [0.05, 0.1) is 36.6 Å². The Morgan fingerprint density at radius 2 is 1.27 bits per heavy atom. The number of ether oxygens (including phenoxy) is 2. The summed E-state index contributed by atoms with van der Waals surface area (Å²) in [4.78, 5) is 34.3. The molecule has 2 unspecified atom stereocenters. The summed E-state index contributed by atoms with van der Waals surface area (Å²) in [6.45, 7) is 16.7. The molecule has 0 amide bonds. The van der Waals surface area contributed by atoms with Crippen LogP contribution >= 0.6 is 23.2 Å². The molecule has 2 aromatic carbocycles. The van der Waals surface area contributed by atoms with Crippen LogP contribution < -0.4 is 124 Å². The number of carbonyl (C=O) groups excluding carboxylic acids is 2. The SMILES string of the molecule is C.C=NC#N.CC(C)(O)[C@H]1CN(C2CCN(c3n[nH]c(N)n3)CC2)C(Cc2ccc(Cl)cc2)CO1.CC(C)(O)[C@H]1CN(C2CCNCC2)C(Cc2ccc(Cl)cc2)CO1.O=CC(F)(F)F.O=CO[O-].[H-].[K+].[K+]. The number of morpholine rings is 2. The zero-order valence-electron chi connectivity index (χ0n) is 41.8. The number of anilines is 2.